The van der Waals surface area contributed by atoms with Crippen molar-refractivity contribution in [2.24, 2.45) is 0 Å². The maximum atomic E-state index is 13.4. The number of hydrogen-bond donors (Lipinski definition) is 1. The highest BCUT2D eigenvalue weighted by atomic mass is 19.4. The summed E-state index contributed by atoms with van der Waals surface area (Å²) in [5, 5.41) is 9.07. The van der Waals surface area contributed by atoms with Gasteiger partial charge in [0.15, 0.2) is 6.61 Å². The fraction of sp³-hybridized carbons (Fsp3) is 0.423. The Morgan fingerprint density at radius 1 is 1.16 bits per heavy atom. The van der Waals surface area contributed by atoms with E-state index in [1.165, 1.54) is 6.07 Å². The first-order chi connectivity index (χ1) is 17.9. The molecule has 6 nitrogen and oxygen atoms in total. The van der Waals surface area contributed by atoms with Crippen molar-refractivity contribution in [1.82, 2.24) is 4.90 Å². The normalized spacial score (nSPS) is 20.4. The van der Waals surface area contributed by atoms with Crippen LogP contribution in [0.5, 0.6) is 5.75 Å². The third-order valence-electron chi connectivity index (χ3n) is 6.16. The zero-order valence-electron chi connectivity index (χ0n) is 20.1. The van der Waals surface area contributed by atoms with Crippen LogP contribution in [-0.2, 0) is 27.1 Å². The van der Waals surface area contributed by atoms with E-state index in [0.29, 0.717) is 50.4 Å². The molecular formula is C26H25F6NO5. The van der Waals surface area contributed by atoms with E-state index in [1.807, 2.05) is 12.2 Å². The van der Waals surface area contributed by atoms with E-state index in [-0.39, 0.29) is 12.2 Å². The van der Waals surface area contributed by atoms with Gasteiger partial charge >= 0.3 is 18.3 Å². The fourth-order valence-corrected chi connectivity index (χ4v) is 4.29. The third-order valence-corrected chi connectivity index (χ3v) is 6.16. The molecule has 1 atom stereocenters. The van der Waals surface area contributed by atoms with Crippen LogP contribution in [-0.4, -0.2) is 61.1 Å². The number of nitrogens with zero attached hydrogens (tertiary/aromatic N) is 1. The molecule has 0 aromatic heterocycles. The number of aliphatic carboxylic acids is 1. The molecule has 38 heavy (non-hydrogen) atoms. The molecule has 0 spiro atoms. The largest absolute Gasteiger partial charge is 0.489 e. The quantitative estimate of drug-likeness (QED) is 0.441. The van der Waals surface area contributed by atoms with Crippen LogP contribution in [0.15, 0.2) is 65.0 Å². The molecule has 2 heterocycles. The Hall–Kier alpha value is -3.25. The molecule has 12 heteroatoms. The van der Waals surface area contributed by atoms with E-state index in [0.717, 1.165) is 23.3 Å². The second-order valence-corrected chi connectivity index (χ2v) is 9.12. The van der Waals surface area contributed by atoms with Crippen LogP contribution in [0.2, 0.25) is 0 Å². The van der Waals surface area contributed by atoms with Crippen molar-refractivity contribution in [2.45, 2.75) is 37.9 Å². The molecule has 1 aliphatic carbocycles. The summed E-state index contributed by atoms with van der Waals surface area (Å²) in [5.41, 5.74) is 1.16. The van der Waals surface area contributed by atoms with Gasteiger partial charge in [0, 0.05) is 30.8 Å². The summed E-state index contributed by atoms with van der Waals surface area (Å²) in [5.74, 6) is -1.19. The van der Waals surface area contributed by atoms with E-state index >= 15 is 0 Å². The average molecular weight is 545 g/mol. The van der Waals surface area contributed by atoms with Gasteiger partial charge in [-0.15, -0.1) is 0 Å². The number of benzene rings is 1. The fourth-order valence-electron chi connectivity index (χ4n) is 4.29. The van der Waals surface area contributed by atoms with Crippen LogP contribution in [0.1, 0.15) is 24.0 Å². The highest BCUT2D eigenvalue weighted by molar-refractivity contribution is 5.86. The number of carboxylic acid groups (broad SMARTS) is 1. The highest BCUT2D eigenvalue weighted by Crippen LogP contribution is 2.38. The number of alkyl halides is 6. The SMILES string of the molecule is O=C(O)C1=CCN(CC2=CC3=CCC(OCc4ccc(OCC(F)(F)F)c(C(F)(F)F)c4)C=C3OC2)CC1. The molecule has 1 aromatic carbocycles. The van der Waals surface area contributed by atoms with Gasteiger partial charge in [-0.2, -0.15) is 26.3 Å². The van der Waals surface area contributed by atoms with Crippen LogP contribution in [0.4, 0.5) is 26.3 Å². The molecule has 1 aromatic rings. The Bertz CT molecular complexity index is 1180. The molecule has 0 saturated carbocycles. The van der Waals surface area contributed by atoms with E-state index < -0.39 is 42.3 Å². The highest BCUT2D eigenvalue weighted by Gasteiger charge is 2.36. The van der Waals surface area contributed by atoms with Crippen LogP contribution in [0.25, 0.3) is 0 Å². The summed E-state index contributed by atoms with van der Waals surface area (Å²) >= 11 is 0. The van der Waals surface area contributed by atoms with Crippen molar-refractivity contribution in [2.75, 3.05) is 32.8 Å². The standard InChI is InChI=1S/C26H25F6NO5/c27-25(28,29)15-38-22-4-1-16(10-21(22)26(30,31)32)13-36-20-3-2-19-9-17(14-37-23(19)11-20)12-33-7-5-18(6-8-33)24(34)35/h1-2,4-5,9-11,20H,3,6-8,12-15H2,(H,34,35). The van der Waals surface area contributed by atoms with E-state index in [4.69, 9.17) is 14.6 Å². The number of carboxylic acids is 1. The second-order valence-electron chi connectivity index (χ2n) is 9.12. The number of carbonyl (C=O) groups is 1. The zero-order chi connectivity index (χ0) is 27.5. The molecule has 2 aliphatic heterocycles. The first kappa shape index (κ1) is 27.8. The first-order valence-corrected chi connectivity index (χ1v) is 11.8. The van der Waals surface area contributed by atoms with Gasteiger partial charge in [0.05, 0.1) is 18.3 Å². The molecule has 1 N–H and O–H groups in total. The van der Waals surface area contributed by atoms with Crippen molar-refractivity contribution < 1.29 is 50.5 Å². The minimum absolute atomic E-state index is 0.137. The molecular weight excluding hydrogens is 520 g/mol. The van der Waals surface area contributed by atoms with Gasteiger partial charge in [0.25, 0.3) is 0 Å². The molecule has 0 bridgehead atoms. The Labute approximate surface area is 214 Å². The lowest BCUT2D eigenvalue weighted by Crippen LogP contribution is -2.33. The van der Waals surface area contributed by atoms with Crippen LogP contribution >= 0.6 is 0 Å². The van der Waals surface area contributed by atoms with Crippen LogP contribution in [0, 0.1) is 0 Å². The monoisotopic (exact) mass is 545 g/mol. The van der Waals surface area contributed by atoms with E-state index in [2.05, 4.69) is 9.64 Å². The molecule has 3 aliphatic rings. The Morgan fingerprint density at radius 3 is 2.61 bits per heavy atom. The predicted octanol–water partition coefficient (Wildman–Crippen LogP) is 5.42. The lowest BCUT2D eigenvalue weighted by Gasteiger charge is -2.30. The van der Waals surface area contributed by atoms with Crippen molar-refractivity contribution in [3.8, 4) is 5.75 Å². The minimum Gasteiger partial charge on any atom is -0.489 e. The Kier molecular flexibility index (Phi) is 8.22. The third kappa shape index (κ3) is 7.41. The molecule has 0 saturated heterocycles. The number of fused-ring (bicyclic) bond motifs is 1. The lowest BCUT2D eigenvalue weighted by atomic mass is 9.98. The Morgan fingerprint density at radius 2 is 1.95 bits per heavy atom. The number of halogens is 6. The van der Waals surface area contributed by atoms with Crippen molar-refractivity contribution in [3.63, 3.8) is 0 Å². The molecule has 206 valence electrons. The summed E-state index contributed by atoms with van der Waals surface area (Å²) in [6.07, 6.45) is -1.81. The van der Waals surface area contributed by atoms with Crippen molar-refractivity contribution in [1.29, 1.82) is 0 Å². The van der Waals surface area contributed by atoms with Gasteiger partial charge in [-0.1, -0.05) is 18.2 Å². The molecule has 1 unspecified atom stereocenters. The van der Waals surface area contributed by atoms with Gasteiger partial charge in [-0.05, 0) is 48.3 Å². The van der Waals surface area contributed by atoms with E-state index in [1.54, 1.807) is 12.2 Å². The van der Waals surface area contributed by atoms with Gasteiger partial charge in [-0.3, -0.25) is 4.90 Å². The molecule has 0 radical (unpaired) electrons. The van der Waals surface area contributed by atoms with Crippen LogP contribution < -0.4 is 4.74 Å². The summed E-state index contributed by atoms with van der Waals surface area (Å²) in [7, 11) is 0. The van der Waals surface area contributed by atoms with Crippen LogP contribution in [0.3, 0.4) is 0 Å². The van der Waals surface area contributed by atoms with Gasteiger partial charge < -0.3 is 19.3 Å². The molecule has 4 rings (SSSR count). The molecule has 0 fully saturated rings. The number of hydrogen-bond acceptors (Lipinski definition) is 5. The second kappa shape index (κ2) is 11.2. The minimum atomic E-state index is -4.90. The van der Waals surface area contributed by atoms with Crippen molar-refractivity contribution >= 4 is 5.97 Å². The first-order valence-electron chi connectivity index (χ1n) is 11.8. The summed E-state index contributed by atoms with van der Waals surface area (Å²) < 4.78 is 93.3. The van der Waals surface area contributed by atoms with Crippen molar-refractivity contribution in [3.05, 3.63) is 76.1 Å². The topological polar surface area (TPSA) is 68.2 Å². The maximum absolute atomic E-state index is 13.4. The molecule has 0 amide bonds. The Balaban J connectivity index is 1.34. The summed E-state index contributed by atoms with van der Waals surface area (Å²) in [6, 6.07) is 2.82. The lowest BCUT2D eigenvalue weighted by molar-refractivity contribution is -0.158. The maximum Gasteiger partial charge on any atom is 0.422 e. The van der Waals surface area contributed by atoms with Gasteiger partial charge in [0.1, 0.15) is 18.1 Å². The summed E-state index contributed by atoms with van der Waals surface area (Å²) in [6.45, 7) is 0.143. The number of rotatable bonds is 8. The zero-order valence-corrected chi connectivity index (χ0v) is 20.1. The smallest absolute Gasteiger partial charge is 0.422 e. The van der Waals surface area contributed by atoms with E-state index in [9.17, 15) is 31.1 Å². The summed E-state index contributed by atoms with van der Waals surface area (Å²) in [4.78, 5) is 13.2. The number of ether oxygens (including phenoxy) is 3. The predicted molar refractivity (Wildman–Crippen MR) is 123 cm³/mol. The van der Waals surface area contributed by atoms with Gasteiger partial charge in [-0.25, -0.2) is 4.79 Å². The number of allylic oxidation sites excluding steroid dienone is 1. The van der Waals surface area contributed by atoms with Gasteiger partial charge in [0.2, 0.25) is 0 Å². The average Bonchev–Trinajstić information content (AvgIpc) is 2.85.